The molecule has 0 heterocycles. The summed E-state index contributed by atoms with van der Waals surface area (Å²) in [5, 5.41) is 0.272. The van der Waals surface area contributed by atoms with Gasteiger partial charge in [-0.1, -0.05) is 39.1 Å². The van der Waals surface area contributed by atoms with Crippen LogP contribution in [-0.2, 0) is 10.0 Å². The molecule has 0 aliphatic heterocycles. The molecule has 1 fully saturated rings. The van der Waals surface area contributed by atoms with E-state index in [1.807, 2.05) is 0 Å². The first-order valence-electron chi connectivity index (χ1n) is 4.96. The van der Waals surface area contributed by atoms with Gasteiger partial charge >= 0.3 is 0 Å². The summed E-state index contributed by atoms with van der Waals surface area (Å²) in [6, 6.07) is 3.14. The van der Waals surface area contributed by atoms with Gasteiger partial charge in [-0.15, -0.1) is 0 Å². The van der Waals surface area contributed by atoms with E-state index in [0.717, 1.165) is 12.8 Å². The largest absolute Gasteiger partial charge is 0.246 e. The highest BCUT2D eigenvalue weighted by molar-refractivity contribution is 9.10. The average molecular weight is 359 g/mol. The monoisotopic (exact) mass is 357 g/mol. The molecule has 7 heteroatoms. The molecule has 0 amide bonds. The minimum absolute atomic E-state index is 0.0153. The van der Waals surface area contributed by atoms with Crippen LogP contribution in [0, 0.1) is 0 Å². The Morgan fingerprint density at radius 2 is 1.76 bits per heavy atom. The maximum absolute atomic E-state index is 12.3. The van der Waals surface area contributed by atoms with Crippen molar-refractivity contribution in [3.05, 3.63) is 26.7 Å². The van der Waals surface area contributed by atoms with E-state index in [1.165, 1.54) is 16.4 Å². The van der Waals surface area contributed by atoms with E-state index in [1.54, 1.807) is 7.05 Å². The van der Waals surface area contributed by atoms with Crippen molar-refractivity contribution in [1.82, 2.24) is 4.31 Å². The molecule has 1 aliphatic rings. The Morgan fingerprint density at radius 1 is 1.29 bits per heavy atom. The third kappa shape index (κ3) is 2.63. The predicted octanol–water partition coefficient (Wildman–Crippen LogP) is 3.54. The molecule has 0 aromatic heterocycles. The maximum Gasteiger partial charge on any atom is 0.246 e. The van der Waals surface area contributed by atoms with Crippen molar-refractivity contribution in [3.63, 3.8) is 0 Å². The Bertz CT molecular complexity index is 534. The van der Waals surface area contributed by atoms with Crippen molar-refractivity contribution in [2.75, 3.05) is 7.05 Å². The Balaban J connectivity index is 2.53. The number of hydrogen-bond donors (Lipinski definition) is 0. The first-order valence-corrected chi connectivity index (χ1v) is 7.95. The Morgan fingerprint density at radius 3 is 2.18 bits per heavy atom. The summed E-state index contributed by atoms with van der Waals surface area (Å²) in [6.45, 7) is 0. The van der Waals surface area contributed by atoms with Crippen molar-refractivity contribution in [3.8, 4) is 0 Å². The quantitative estimate of drug-likeness (QED) is 0.828. The third-order valence-corrected chi connectivity index (χ3v) is 5.95. The molecular formula is C10H10BrCl2NO2S. The molecule has 0 spiro atoms. The van der Waals surface area contributed by atoms with Crippen molar-refractivity contribution in [2.24, 2.45) is 0 Å². The summed E-state index contributed by atoms with van der Waals surface area (Å²) in [5.74, 6) is 0. The zero-order valence-electron chi connectivity index (χ0n) is 8.95. The second-order valence-corrected chi connectivity index (χ2v) is 7.62. The molecule has 0 bridgehead atoms. The fraction of sp³-hybridized carbons (Fsp3) is 0.400. The van der Waals surface area contributed by atoms with Crippen LogP contribution in [0.15, 0.2) is 21.5 Å². The van der Waals surface area contributed by atoms with Gasteiger partial charge in [0.2, 0.25) is 10.0 Å². The highest BCUT2D eigenvalue weighted by Gasteiger charge is 2.37. The van der Waals surface area contributed by atoms with Gasteiger partial charge in [0, 0.05) is 17.6 Å². The highest BCUT2D eigenvalue weighted by atomic mass is 79.9. The van der Waals surface area contributed by atoms with Gasteiger partial charge in [0.05, 0.1) is 10.0 Å². The first-order chi connectivity index (χ1) is 7.84. The molecule has 0 saturated heterocycles. The van der Waals surface area contributed by atoms with Crippen LogP contribution in [0.2, 0.25) is 10.0 Å². The van der Waals surface area contributed by atoms with Crippen molar-refractivity contribution in [2.45, 2.75) is 23.8 Å². The SMILES string of the molecule is CN(C1CC1)S(=O)(=O)c1c(Cl)cc(Br)cc1Cl. The molecule has 0 radical (unpaired) electrons. The van der Waals surface area contributed by atoms with Gasteiger partial charge in [-0.05, 0) is 25.0 Å². The van der Waals surface area contributed by atoms with Crippen LogP contribution in [0.4, 0.5) is 0 Å². The third-order valence-electron chi connectivity index (χ3n) is 2.66. The summed E-state index contributed by atoms with van der Waals surface area (Å²) >= 11 is 15.2. The topological polar surface area (TPSA) is 37.4 Å². The van der Waals surface area contributed by atoms with Crippen molar-refractivity contribution < 1.29 is 8.42 Å². The van der Waals surface area contributed by atoms with E-state index in [9.17, 15) is 8.42 Å². The fourth-order valence-electron chi connectivity index (χ4n) is 1.55. The van der Waals surface area contributed by atoms with Gasteiger partial charge in [-0.2, -0.15) is 4.31 Å². The van der Waals surface area contributed by atoms with Gasteiger partial charge in [0.25, 0.3) is 0 Å². The zero-order valence-corrected chi connectivity index (χ0v) is 12.9. The normalized spacial score (nSPS) is 16.5. The summed E-state index contributed by atoms with van der Waals surface area (Å²) in [7, 11) is -2.05. The van der Waals surface area contributed by atoms with Gasteiger partial charge in [-0.25, -0.2) is 8.42 Å². The lowest BCUT2D eigenvalue weighted by atomic mass is 10.4. The molecule has 0 atom stereocenters. The molecule has 0 N–H and O–H groups in total. The minimum atomic E-state index is -3.61. The maximum atomic E-state index is 12.3. The molecule has 94 valence electrons. The summed E-state index contributed by atoms with van der Waals surface area (Å²) < 4.78 is 26.6. The van der Waals surface area contributed by atoms with Crippen molar-refractivity contribution in [1.29, 1.82) is 0 Å². The molecule has 1 aromatic carbocycles. The minimum Gasteiger partial charge on any atom is -0.207 e. The number of hydrogen-bond acceptors (Lipinski definition) is 2. The second-order valence-electron chi connectivity index (χ2n) is 3.95. The number of benzene rings is 1. The van der Waals surface area contributed by atoms with Crippen LogP contribution in [0.3, 0.4) is 0 Å². The van der Waals surface area contributed by atoms with E-state index in [0.29, 0.717) is 4.47 Å². The highest BCUT2D eigenvalue weighted by Crippen LogP contribution is 2.37. The molecule has 3 nitrogen and oxygen atoms in total. The van der Waals surface area contributed by atoms with E-state index in [4.69, 9.17) is 23.2 Å². The van der Waals surface area contributed by atoms with Crippen LogP contribution in [-0.4, -0.2) is 25.8 Å². The first kappa shape index (κ1) is 13.6. The van der Waals surface area contributed by atoms with Crippen LogP contribution in [0.5, 0.6) is 0 Å². The molecular weight excluding hydrogens is 349 g/mol. The number of rotatable bonds is 3. The molecule has 17 heavy (non-hydrogen) atoms. The molecule has 2 rings (SSSR count). The standard InChI is InChI=1S/C10H10BrCl2NO2S/c1-14(7-2-3-7)17(15,16)10-8(12)4-6(11)5-9(10)13/h4-5,7H,2-3H2,1H3. The van der Waals surface area contributed by atoms with Gasteiger partial charge in [0.15, 0.2) is 0 Å². The van der Waals surface area contributed by atoms with E-state index < -0.39 is 10.0 Å². The molecule has 1 aliphatic carbocycles. The van der Waals surface area contributed by atoms with E-state index >= 15 is 0 Å². The van der Waals surface area contributed by atoms with Crippen molar-refractivity contribution >= 4 is 49.2 Å². The molecule has 0 unspecified atom stereocenters. The van der Waals surface area contributed by atoms with E-state index in [2.05, 4.69) is 15.9 Å². The fourth-order valence-corrected chi connectivity index (χ4v) is 4.85. The Hall–Kier alpha value is 0.190. The van der Waals surface area contributed by atoms with Gasteiger partial charge in [-0.3, -0.25) is 0 Å². The second kappa shape index (κ2) is 4.70. The molecule has 1 saturated carbocycles. The summed E-state index contributed by atoms with van der Waals surface area (Å²) in [4.78, 5) is -0.0153. The zero-order chi connectivity index (χ0) is 12.8. The van der Waals surface area contributed by atoms with Crippen LogP contribution in [0.25, 0.3) is 0 Å². The van der Waals surface area contributed by atoms with Crippen LogP contribution in [0.1, 0.15) is 12.8 Å². The van der Waals surface area contributed by atoms with Gasteiger partial charge < -0.3 is 0 Å². The predicted molar refractivity (Wildman–Crippen MR) is 72.1 cm³/mol. The van der Waals surface area contributed by atoms with Gasteiger partial charge in [0.1, 0.15) is 4.90 Å². The van der Waals surface area contributed by atoms with E-state index in [-0.39, 0.29) is 21.0 Å². The lowest BCUT2D eigenvalue weighted by Gasteiger charge is -2.18. The van der Waals surface area contributed by atoms with Crippen LogP contribution >= 0.6 is 39.1 Å². The Labute approximate surface area is 119 Å². The average Bonchev–Trinajstić information content (AvgIpc) is 2.96. The number of nitrogens with zero attached hydrogens (tertiary/aromatic N) is 1. The summed E-state index contributed by atoms with van der Waals surface area (Å²) in [6.07, 6.45) is 1.78. The smallest absolute Gasteiger partial charge is 0.207 e. The lowest BCUT2D eigenvalue weighted by Crippen LogP contribution is -2.29. The van der Waals surface area contributed by atoms with Crippen LogP contribution < -0.4 is 0 Å². The lowest BCUT2D eigenvalue weighted by molar-refractivity contribution is 0.464. The summed E-state index contributed by atoms with van der Waals surface area (Å²) in [5.41, 5.74) is 0. The number of halogens is 3. The molecule has 1 aromatic rings. The number of sulfonamides is 1. The Kier molecular flexibility index (Phi) is 3.77.